The van der Waals surface area contributed by atoms with Gasteiger partial charge in [0.05, 0.1) is 16.6 Å². The fraction of sp³-hybridized carbons (Fsp3) is 0.250. The quantitative estimate of drug-likeness (QED) is 0.529. The smallest absolute Gasteiger partial charge is 0.300 e. The zero-order valence-corrected chi connectivity index (χ0v) is 20.1. The molecule has 1 atom stereocenters. The Bertz CT molecular complexity index is 1700. The standard InChI is InChI=1S/C28H23N3O4/c1-13-10-17-14(2)11-27(4,5)31-22(17)20(15(13)3)28(26(31)33)18(12-29)24(30)35-25-21(28)23(32)16-8-6-7-9-19(16)34-25/h6-11H,30H2,1-5H3. The van der Waals surface area contributed by atoms with Crippen molar-refractivity contribution in [2.75, 3.05) is 4.90 Å². The van der Waals surface area contributed by atoms with Gasteiger partial charge in [0.15, 0.2) is 5.41 Å². The van der Waals surface area contributed by atoms with Crippen LogP contribution >= 0.6 is 0 Å². The maximum absolute atomic E-state index is 14.7. The lowest BCUT2D eigenvalue weighted by atomic mass is 9.67. The summed E-state index contributed by atoms with van der Waals surface area (Å²) in [4.78, 5) is 30.5. The Morgan fingerprint density at radius 1 is 1.09 bits per heavy atom. The first-order valence-corrected chi connectivity index (χ1v) is 11.4. The molecule has 0 radical (unpaired) electrons. The van der Waals surface area contributed by atoms with Crippen LogP contribution < -0.4 is 20.8 Å². The molecule has 2 aromatic carbocycles. The summed E-state index contributed by atoms with van der Waals surface area (Å²) in [7, 11) is 0. The van der Waals surface area contributed by atoms with E-state index in [9.17, 15) is 14.9 Å². The molecule has 35 heavy (non-hydrogen) atoms. The molecule has 0 bridgehead atoms. The third-order valence-corrected chi connectivity index (χ3v) is 7.59. The van der Waals surface area contributed by atoms with E-state index in [2.05, 4.69) is 12.1 Å². The number of fused-ring (bicyclic) bond motifs is 4. The molecule has 3 aromatic rings. The van der Waals surface area contributed by atoms with Crippen molar-refractivity contribution in [1.29, 1.82) is 5.26 Å². The van der Waals surface area contributed by atoms with Gasteiger partial charge in [0.25, 0.3) is 0 Å². The Morgan fingerprint density at radius 2 is 1.80 bits per heavy atom. The number of ether oxygens (including phenoxy) is 1. The number of benzene rings is 2. The number of para-hydroxylation sites is 1. The van der Waals surface area contributed by atoms with Crippen molar-refractivity contribution < 1.29 is 13.9 Å². The summed E-state index contributed by atoms with van der Waals surface area (Å²) in [5.74, 6) is -0.817. The summed E-state index contributed by atoms with van der Waals surface area (Å²) >= 11 is 0. The van der Waals surface area contributed by atoms with Gasteiger partial charge >= 0.3 is 5.95 Å². The van der Waals surface area contributed by atoms with E-state index in [0.717, 1.165) is 22.3 Å². The summed E-state index contributed by atoms with van der Waals surface area (Å²) in [6.07, 6.45) is 2.03. The molecule has 0 saturated carbocycles. The molecule has 7 nitrogen and oxygen atoms in total. The van der Waals surface area contributed by atoms with E-state index < -0.39 is 22.3 Å². The second kappa shape index (κ2) is 6.42. The van der Waals surface area contributed by atoms with Crippen LogP contribution in [-0.4, -0.2) is 11.4 Å². The van der Waals surface area contributed by atoms with Crippen molar-refractivity contribution in [3.05, 3.63) is 85.9 Å². The highest BCUT2D eigenvalue weighted by molar-refractivity contribution is 6.18. The molecular weight excluding hydrogens is 442 g/mol. The molecule has 174 valence electrons. The topological polar surface area (TPSA) is 110 Å². The highest BCUT2D eigenvalue weighted by atomic mass is 16.6. The lowest BCUT2D eigenvalue weighted by Crippen LogP contribution is -2.54. The number of hydrogen-bond donors (Lipinski definition) is 1. The summed E-state index contributed by atoms with van der Waals surface area (Å²) < 4.78 is 11.7. The lowest BCUT2D eigenvalue weighted by Gasteiger charge is -2.40. The third-order valence-electron chi connectivity index (χ3n) is 7.59. The summed E-state index contributed by atoms with van der Waals surface area (Å²) in [5.41, 5.74) is 8.51. The Morgan fingerprint density at radius 3 is 2.51 bits per heavy atom. The normalized spacial score (nSPS) is 21.5. The number of carbonyl (C=O) groups is 1. The molecular formula is C28H23N3O4. The van der Waals surface area contributed by atoms with E-state index in [1.807, 2.05) is 40.7 Å². The van der Waals surface area contributed by atoms with Crippen LogP contribution in [0.25, 0.3) is 16.5 Å². The van der Waals surface area contributed by atoms with Crippen molar-refractivity contribution in [1.82, 2.24) is 0 Å². The largest absolute Gasteiger partial charge is 0.425 e. The first-order valence-electron chi connectivity index (χ1n) is 11.4. The molecule has 1 spiro atoms. The van der Waals surface area contributed by atoms with E-state index in [1.54, 1.807) is 29.2 Å². The first-order chi connectivity index (χ1) is 16.6. The molecule has 1 unspecified atom stereocenters. The van der Waals surface area contributed by atoms with Crippen LogP contribution in [0.15, 0.2) is 57.1 Å². The number of aryl methyl sites for hydroxylation is 1. The second-order valence-electron chi connectivity index (χ2n) is 10.0. The number of nitrogens with two attached hydrogens (primary N) is 1. The van der Waals surface area contributed by atoms with Crippen molar-refractivity contribution in [3.8, 4) is 12.0 Å². The number of nitrogens with zero attached hydrogens (tertiary/aromatic N) is 2. The van der Waals surface area contributed by atoms with Crippen LogP contribution in [-0.2, 0) is 10.2 Å². The maximum atomic E-state index is 14.7. The molecule has 0 saturated heterocycles. The van der Waals surface area contributed by atoms with E-state index in [1.165, 1.54) is 0 Å². The van der Waals surface area contributed by atoms with Gasteiger partial charge in [0, 0.05) is 11.1 Å². The van der Waals surface area contributed by atoms with Crippen molar-refractivity contribution >= 4 is 28.1 Å². The molecule has 3 aliphatic rings. The molecule has 0 fully saturated rings. The minimum Gasteiger partial charge on any atom is -0.425 e. The fourth-order valence-electron chi connectivity index (χ4n) is 6.07. The number of anilines is 1. The van der Waals surface area contributed by atoms with Gasteiger partial charge in [-0.2, -0.15) is 5.26 Å². The third kappa shape index (κ3) is 2.29. The van der Waals surface area contributed by atoms with E-state index in [-0.39, 0.29) is 23.0 Å². The molecule has 2 N–H and O–H groups in total. The van der Waals surface area contributed by atoms with E-state index >= 15 is 0 Å². The van der Waals surface area contributed by atoms with Crippen molar-refractivity contribution in [2.45, 2.75) is 45.6 Å². The summed E-state index contributed by atoms with van der Waals surface area (Å²) in [6, 6.07) is 10.9. The predicted octanol–water partition coefficient (Wildman–Crippen LogP) is 4.32. The fourth-order valence-corrected chi connectivity index (χ4v) is 6.07. The number of nitriles is 1. The average Bonchev–Trinajstić information content (AvgIpc) is 3.05. The molecule has 7 heteroatoms. The number of allylic oxidation sites excluding steroid dienone is 1. The number of rotatable bonds is 0. The van der Waals surface area contributed by atoms with Gasteiger partial charge in [-0.15, -0.1) is 0 Å². The first kappa shape index (κ1) is 21.2. The summed E-state index contributed by atoms with van der Waals surface area (Å²) in [6.45, 7) is 9.76. The van der Waals surface area contributed by atoms with Gasteiger partial charge in [0.1, 0.15) is 22.8 Å². The number of hydrogen-bond acceptors (Lipinski definition) is 6. The zero-order valence-electron chi connectivity index (χ0n) is 20.1. The van der Waals surface area contributed by atoms with Crippen molar-refractivity contribution in [2.24, 2.45) is 5.73 Å². The van der Waals surface area contributed by atoms with Crippen LogP contribution in [0.2, 0.25) is 0 Å². The number of amides is 1. The molecule has 1 amide bonds. The van der Waals surface area contributed by atoms with Crippen LogP contribution in [0.5, 0.6) is 5.95 Å². The highest BCUT2D eigenvalue weighted by Gasteiger charge is 2.65. The average molecular weight is 466 g/mol. The van der Waals surface area contributed by atoms with Crippen LogP contribution in [0.1, 0.15) is 48.6 Å². The highest BCUT2D eigenvalue weighted by Crippen LogP contribution is 2.60. The van der Waals surface area contributed by atoms with Gasteiger partial charge in [-0.25, -0.2) is 0 Å². The Hall–Kier alpha value is -4.31. The SMILES string of the molecule is CC1=CC(C)(C)N2C(=O)C3(C(C#N)=C(N)Oc4oc5ccccc5c(=O)c43)c3c(C)c(C)cc1c32. The maximum Gasteiger partial charge on any atom is 0.300 e. The zero-order chi connectivity index (χ0) is 25.0. The lowest BCUT2D eigenvalue weighted by molar-refractivity contribution is -0.121. The van der Waals surface area contributed by atoms with Gasteiger partial charge < -0.3 is 19.8 Å². The predicted molar refractivity (Wildman–Crippen MR) is 132 cm³/mol. The monoisotopic (exact) mass is 465 g/mol. The van der Waals surface area contributed by atoms with Gasteiger partial charge in [-0.1, -0.05) is 18.2 Å². The molecule has 4 heterocycles. The molecule has 0 aliphatic carbocycles. The van der Waals surface area contributed by atoms with Crippen LogP contribution in [0, 0.1) is 25.2 Å². The minimum atomic E-state index is -1.78. The van der Waals surface area contributed by atoms with Gasteiger partial charge in [0.2, 0.25) is 17.2 Å². The van der Waals surface area contributed by atoms with Crippen LogP contribution in [0.3, 0.4) is 0 Å². The van der Waals surface area contributed by atoms with Gasteiger partial charge in [-0.05, 0) is 69.5 Å². The van der Waals surface area contributed by atoms with E-state index in [0.29, 0.717) is 22.2 Å². The molecule has 3 aliphatic heterocycles. The van der Waals surface area contributed by atoms with Crippen molar-refractivity contribution in [3.63, 3.8) is 0 Å². The Balaban J connectivity index is 1.89. The molecule has 1 aromatic heterocycles. The van der Waals surface area contributed by atoms with E-state index in [4.69, 9.17) is 14.9 Å². The number of carbonyl (C=O) groups excluding carboxylic acids is 1. The Labute approximate surface area is 201 Å². The minimum absolute atomic E-state index is 0.00861. The van der Waals surface area contributed by atoms with Crippen LogP contribution in [0.4, 0.5) is 5.69 Å². The second-order valence-corrected chi connectivity index (χ2v) is 10.0. The summed E-state index contributed by atoms with van der Waals surface area (Å²) in [5, 5.41) is 10.7. The Kier molecular flexibility index (Phi) is 3.90. The van der Waals surface area contributed by atoms with Gasteiger partial charge in [-0.3, -0.25) is 9.59 Å². The molecule has 6 rings (SSSR count).